The maximum absolute atomic E-state index is 13.3. The topological polar surface area (TPSA) is 87.8 Å². The molecule has 2 aromatic heterocycles. The third-order valence-corrected chi connectivity index (χ3v) is 10.9. The molecule has 2 aromatic rings. The van der Waals surface area contributed by atoms with Crippen molar-refractivity contribution in [2.75, 3.05) is 44.7 Å². The van der Waals surface area contributed by atoms with Crippen LogP contribution in [-0.2, 0) is 16.6 Å². The molecular formula is C33H44N6O3. The van der Waals surface area contributed by atoms with Gasteiger partial charge in [0.2, 0.25) is 5.88 Å². The van der Waals surface area contributed by atoms with E-state index in [1.165, 1.54) is 6.42 Å². The van der Waals surface area contributed by atoms with Gasteiger partial charge in [-0.05, 0) is 84.0 Å². The van der Waals surface area contributed by atoms with Gasteiger partial charge in [-0.1, -0.05) is 24.2 Å². The normalized spacial score (nSPS) is 30.7. The van der Waals surface area contributed by atoms with Crippen LogP contribution in [0.5, 0.6) is 5.88 Å². The van der Waals surface area contributed by atoms with Gasteiger partial charge in [-0.25, -0.2) is 4.98 Å². The van der Waals surface area contributed by atoms with Gasteiger partial charge < -0.3 is 14.2 Å². The second-order valence-electron chi connectivity index (χ2n) is 13.1. The molecular weight excluding hydrogens is 528 g/mol. The fourth-order valence-corrected chi connectivity index (χ4v) is 8.50. The van der Waals surface area contributed by atoms with Crippen molar-refractivity contribution in [1.82, 2.24) is 24.9 Å². The summed E-state index contributed by atoms with van der Waals surface area (Å²) in [5, 5.41) is 4.57. The molecule has 1 spiro atoms. The number of carbonyl (C=O) groups excluding carboxylic acids is 1. The van der Waals surface area contributed by atoms with Crippen molar-refractivity contribution in [2.45, 2.75) is 93.7 Å². The van der Waals surface area contributed by atoms with E-state index in [1.54, 1.807) is 0 Å². The minimum atomic E-state index is -0.538. The van der Waals surface area contributed by atoms with Gasteiger partial charge in [0, 0.05) is 37.7 Å². The standard InChI is InChI=1S/C33H44N6O3/c1-4-25(24-12-9-17-37(24)3)41-28-21-27(38-19-20-39-18-10-14-32(39,5-2)22-38)34-31(35-28)29-23-11-8-16-33(30(23)42-36-29)15-7-6-13-26(33)40/h4-5,21,24-25H,1-2,6-20,22H2,3H3/t24-,25-,32+,33+/m0/s1. The summed E-state index contributed by atoms with van der Waals surface area (Å²) >= 11 is 0. The van der Waals surface area contributed by atoms with Crippen molar-refractivity contribution in [2.24, 2.45) is 0 Å². The summed E-state index contributed by atoms with van der Waals surface area (Å²) < 4.78 is 12.7. The van der Waals surface area contributed by atoms with Gasteiger partial charge >= 0.3 is 0 Å². The quantitative estimate of drug-likeness (QED) is 0.438. The lowest BCUT2D eigenvalue weighted by Crippen LogP contribution is -2.58. The lowest BCUT2D eigenvalue weighted by Gasteiger charge is -2.46. The highest BCUT2D eigenvalue weighted by Crippen LogP contribution is 2.48. The molecule has 3 aliphatic heterocycles. The van der Waals surface area contributed by atoms with Crippen molar-refractivity contribution in [1.29, 1.82) is 0 Å². The van der Waals surface area contributed by atoms with Crippen LogP contribution in [0, 0.1) is 0 Å². The van der Waals surface area contributed by atoms with Crippen LogP contribution in [0.2, 0.25) is 0 Å². The van der Waals surface area contributed by atoms with E-state index in [9.17, 15) is 4.79 Å². The molecule has 224 valence electrons. The summed E-state index contributed by atoms with van der Waals surface area (Å²) in [5.74, 6) is 2.93. The summed E-state index contributed by atoms with van der Waals surface area (Å²) in [6.45, 7) is 13.2. The molecule has 42 heavy (non-hydrogen) atoms. The number of ether oxygens (including phenoxy) is 1. The molecule has 4 atom stereocenters. The maximum atomic E-state index is 13.3. The number of rotatable bonds is 7. The van der Waals surface area contributed by atoms with Crippen LogP contribution in [0.4, 0.5) is 5.82 Å². The van der Waals surface area contributed by atoms with E-state index in [-0.39, 0.29) is 17.7 Å². The van der Waals surface area contributed by atoms with Crippen LogP contribution in [0.25, 0.3) is 11.5 Å². The van der Waals surface area contributed by atoms with Crippen LogP contribution in [0.15, 0.2) is 35.9 Å². The van der Waals surface area contributed by atoms with Gasteiger partial charge in [0.25, 0.3) is 0 Å². The molecule has 4 fully saturated rings. The number of likely N-dealkylation sites (tertiary alicyclic amines) is 1. The molecule has 9 nitrogen and oxygen atoms in total. The maximum Gasteiger partial charge on any atom is 0.219 e. The van der Waals surface area contributed by atoms with E-state index in [4.69, 9.17) is 19.2 Å². The second kappa shape index (κ2) is 10.9. The number of piperazine rings is 1. The van der Waals surface area contributed by atoms with E-state index >= 15 is 0 Å². The highest BCUT2D eigenvalue weighted by molar-refractivity contribution is 5.91. The molecule has 2 aliphatic carbocycles. The Balaban J connectivity index is 1.28. The van der Waals surface area contributed by atoms with E-state index < -0.39 is 5.41 Å². The van der Waals surface area contributed by atoms with Gasteiger partial charge in [0.05, 0.1) is 17.0 Å². The molecule has 1 saturated carbocycles. The van der Waals surface area contributed by atoms with E-state index in [2.05, 4.69) is 46.1 Å². The van der Waals surface area contributed by atoms with Crippen molar-refractivity contribution in [3.63, 3.8) is 0 Å². The SMILES string of the molecule is C=C[C@H](Oc1cc(N2CCN3CCC[C@]3(C=C)C2)nc(-c2noc3c2CCC[C@@]32CCCCC2=O)n1)[C@@H]1CCCN1C. The minimum absolute atomic E-state index is 0.0403. The van der Waals surface area contributed by atoms with Crippen LogP contribution in [0.1, 0.15) is 75.5 Å². The largest absolute Gasteiger partial charge is 0.468 e. The van der Waals surface area contributed by atoms with Crippen molar-refractivity contribution < 1.29 is 14.1 Å². The predicted octanol–water partition coefficient (Wildman–Crippen LogP) is 4.72. The Bertz CT molecular complexity index is 1370. The number of carbonyl (C=O) groups is 1. The third-order valence-electron chi connectivity index (χ3n) is 10.9. The summed E-state index contributed by atoms with van der Waals surface area (Å²) in [7, 11) is 2.15. The smallest absolute Gasteiger partial charge is 0.219 e. The number of ketones is 1. The van der Waals surface area contributed by atoms with E-state index in [0.717, 1.165) is 108 Å². The summed E-state index contributed by atoms with van der Waals surface area (Å²) in [6.07, 6.45) is 14.4. The molecule has 0 radical (unpaired) electrons. The third kappa shape index (κ3) is 4.51. The Labute approximate surface area is 249 Å². The van der Waals surface area contributed by atoms with Gasteiger partial charge in [-0.3, -0.25) is 14.6 Å². The first-order valence-corrected chi connectivity index (χ1v) is 16.0. The van der Waals surface area contributed by atoms with Crippen LogP contribution in [0.3, 0.4) is 0 Å². The lowest BCUT2D eigenvalue weighted by atomic mass is 9.64. The number of anilines is 1. The average molecular weight is 573 g/mol. The molecule has 9 heteroatoms. The molecule has 0 unspecified atom stereocenters. The molecule has 7 rings (SSSR count). The number of likely N-dealkylation sites (N-methyl/N-ethyl adjacent to an activating group) is 1. The molecule has 5 aliphatic rings. The fraction of sp³-hybridized carbons (Fsp3) is 0.636. The van der Waals surface area contributed by atoms with Crippen LogP contribution < -0.4 is 9.64 Å². The molecule has 0 bridgehead atoms. The zero-order valence-electron chi connectivity index (χ0n) is 25.0. The Hall–Kier alpha value is -3.04. The minimum Gasteiger partial charge on any atom is -0.468 e. The molecule has 3 saturated heterocycles. The second-order valence-corrected chi connectivity index (χ2v) is 13.1. The summed E-state index contributed by atoms with van der Waals surface area (Å²) in [4.78, 5) is 30.6. The van der Waals surface area contributed by atoms with Gasteiger partial charge in [-0.15, -0.1) is 6.58 Å². The van der Waals surface area contributed by atoms with Gasteiger partial charge in [0.1, 0.15) is 17.7 Å². The molecule has 5 heterocycles. The highest BCUT2D eigenvalue weighted by atomic mass is 16.5. The Morgan fingerprint density at radius 2 is 1.93 bits per heavy atom. The molecule has 0 aromatic carbocycles. The van der Waals surface area contributed by atoms with Gasteiger partial charge in [-0.2, -0.15) is 4.98 Å². The number of hydrogen-bond acceptors (Lipinski definition) is 9. The highest BCUT2D eigenvalue weighted by Gasteiger charge is 2.49. The lowest BCUT2D eigenvalue weighted by molar-refractivity contribution is -0.128. The predicted molar refractivity (Wildman–Crippen MR) is 162 cm³/mol. The first kappa shape index (κ1) is 27.8. The first-order chi connectivity index (χ1) is 20.5. The average Bonchev–Trinajstić information content (AvgIpc) is 3.76. The van der Waals surface area contributed by atoms with E-state index in [1.807, 2.05) is 12.1 Å². The zero-order chi connectivity index (χ0) is 28.9. The van der Waals surface area contributed by atoms with Crippen LogP contribution >= 0.6 is 0 Å². The van der Waals surface area contributed by atoms with E-state index in [0.29, 0.717) is 29.6 Å². The summed E-state index contributed by atoms with van der Waals surface area (Å²) in [6, 6.07) is 2.24. The number of hydrogen-bond donors (Lipinski definition) is 0. The van der Waals surface area contributed by atoms with Crippen molar-refractivity contribution >= 4 is 11.6 Å². The zero-order valence-corrected chi connectivity index (χ0v) is 25.0. The van der Waals surface area contributed by atoms with Crippen molar-refractivity contribution in [3.8, 4) is 17.4 Å². The number of fused-ring (bicyclic) bond motifs is 3. The fourth-order valence-electron chi connectivity index (χ4n) is 8.50. The van der Waals surface area contributed by atoms with Gasteiger partial charge in [0.15, 0.2) is 17.3 Å². The molecule has 0 N–H and O–H groups in total. The Kier molecular flexibility index (Phi) is 7.21. The Morgan fingerprint density at radius 3 is 2.71 bits per heavy atom. The summed E-state index contributed by atoms with van der Waals surface area (Å²) in [5.41, 5.74) is 1.07. The first-order valence-electron chi connectivity index (χ1n) is 16.0. The number of Topliss-reactive ketones (excluding diaryl/α,β-unsaturated/α-hetero) is 1. The van der Waals surface area contributed by atoms with Crippen LogP contribution in [-0.4, -0.2) is 88.2 Å². The monoisotopic (exact) mass is 572 g/mol. The van der Waals surface area contributed by atoms with Crippen molar-refractivity contribution in [3.05, 3.63) is 42.7 Å². The number of nitrogens with zero attached hydrogens (tertiary/aromatic N) is 6. The number of aromatic nitrogens is 3. The Morgan fingerprint density at radius 1 is 1.05 bits per heavy atom. The molecule has 0 amide bonds.